The number of hydrogen-bond donors (Lipinski definition) is 1. The number of allylic oxidation sites excluding steroid dienone is 3. The lowest BCUT2D eigenvalue weighted by Crippen LogP contribution is -2.47. The average molecular weight is 350 g/mol. The number of amides is 1. The zero-order valence-corrected chi connectivity index (χ0v) is 15.5. The number of piperidine rings is 1. The van der Waals surface area contributed by atoms with Gasteiger partial charge in [0.15, 0.2) is 5.78 Å². The van der Waals surface area contributed by atoms with E-state index < -0.39 is 5.60 Å². The molecule has 1 heterocycles. The van der Waals surface area contributed by atoms with Crippen LogP contribution in [0.1, 0.15) is 33.6 Å². The van der Waals surface area contributed by atoms with Gasteiger partial charge in [0.2, 0.25) is 0 Å². The van der Waals surface area contributed by atoms with Crippen molar-refractivity contribution < 1.29 is 19.1 Å². The maximum Gasteiger partial charge on any atom is 0.407 e. The number of nitrogens with zero attached hydrogens (tertiary/aromatic N) is 1. The number of ketones is 1. The van der Waals surface area contributed by atoms with E-state index in [1.54, 1.807) is 18.2 Å². The second-order valence-corrected chi connectivity index (χ2v) is 7.03. The van der Waals surface area contributed by atoms with Crippen molar-refractivity contribution in [1.29, 1.82) is 0 Å². The van der Waals surface area contributed by atoms with Gasteiger partial charge in [-0.1, -0.05) is 19.2 Å². The van der Waals surface area contributed by atoms with Gasteiger partial charge in [0.05, 0.1) is 6.54 Å². The van der Waals surface area contributed by atoms with Gasteiger partial charge in [0.1, 0.15) is 18.0 Å². The van der Waals surface area contributed by atoms with Gasteiger partial charge in [0.25, 0.3) is 0 Å². The molecule has 0 saturated carbocycles. The summed E-state index contributed by atoms with van der Waals surface area (Å²) in [6.07, 6.45) is 5.99. The minimum absolute atomic E-state index is 0.00960. The van der Waals surface area contributed by atoms with Gasteiger partial charge >= 0.3 is 6.09 Å². The van der Waals surface area contributed by atoms with Crippen molar-refractivity contribution in [2.75, 3.05) is 26.2 Å². The van der Waals surface area contributed by atoms with Crippen LogP contribution in [-0.2, 0) is 14.3 Å². The summed E-state index contributed by atoms with van der Waals surface area (Å²) in [5, 5.41) is 2.89. The van der Waals surface area contributed by atoms with E-state index in [1.807, 2.05) is 20.8 Å². The first-order valence-electron chi connectivity index (χ1n) is 8.55. The summed E-state index contributed by atoms with van der Waals surface area (Å²) in [4.78, 5) is 25.9. The van der Waals surface area contributed by atoms with Gasteiger partial charge in [-0.05, 0) is 45.8 Å². The molecule has 0 radical (unpaired) electrons. The highest BCUT2D eigenvalue weighted by molar-refractivity contribution is 5.81. The fourth-order valence-electron chi connectivity index (χ4n) is 2.46. The summed E-state index contributed by atoms with van der Waals surface area (Å²) < 4.78 is 10.6. The SMILES string of the molecule is C=C/C=C(\C=C)OCC(=O)CN1CCC(NC(=O)OC(C)(C)C)CC1. The maximum atomic E-state index is 12.0. The smallest absolute Gasteiger partial charge is 0.407 e. The summed E-state index contributed by atoms with van der Waals surface area (Å²) in [5.41, 5.74) is -0.498. The largest absolute Gasteiger partial charge is 0.486 e. The first kappa shape index (κ1) is 21.0. The van der Waals surface area contributed by atoms with Gasteiger partial charge in [0, 0.05) is 19.1 Å². The van der Waals surface area contributed by atoms with Crippen LogP contribution in [0.5, 0.6) is 0 Å². The van der Waals surface area contributed by atoms with E-state index in [4.69, 9.17) is 9.47 Å². The first-order chi connectivity index (χ1) is 11.7. The Labute approximate surface area is 150 Å². The van der Waals surface area contributed by atoms with Gasteiger partial charge in [-0.2, -0.15) is 0 Å². The molecule has 1 amide bonds. The lowest BCUT2D eigenvalue weighted by molar-refractivity contribution is -0.123. The molecule has 0 aliphatic carbocycles. The van der Waals surface area contributed by atoms with Crippen molar-refractivity contribution >= 4 is 11.9 Å². The molecule has 0 bridgehead atoms. The van der Waals surface area contributed by atoms with Gasteiger partial charge in [-0.3, -0.25) is 9.69 Å². The van der Waals surface area contributed by atoms with E-state index >= 15 is 0 Å². The zero-order valence-electron chi connectivity index (χ0n) is 15.5. The second-order valence-electron chi connectivity index (χ2n) is 7.03. The van der Waals surface area contributed by atoms with Crippen molar-refractivity contribution in [3.05, 3.63) is 37.1 Å². The van der Waals surface area contributed by atoms with Crippen molar-refractivity contribution in [2.24, 2.45) is 0 Å². The Hall–Kier alpha value is -2.08. The molecular weight excluding hydrogens is 320 g/mol. The third-order valence-electron chi connectivity index (χ3n) is 3.59. The van der Waals surface area contributed by atoms with Crippen LogP contribution in [0.15, 0.2) is 37.1 Å². The molecule has 1 N–H and O–H groups in total. The molecule has 140 valence electrons. The fourth-order valence-corrected chi connectivity index (χ4v) is 2.46. The predicted molar refractivity (Wildman–Crippen MR) is 98.3 cm³/mol. The van der Waals surface area contributed by atoms with Crippen LogP contribution in [0.4, 0.5) is 4.79 Å². The predicted octanol–water partition coefficient (Wildman–Crippen LogP) is 2.82. The Kier molecular flexibility index (Phi) is 8.41. The third-order valence-corrected chi connectivity index (χ3v) is 3.59. The normalized spacial score (nSPS) is 16.8. The molecule has 6 nitrogen and oxygen atoms in total. The average Bonchev–Trinajstić information content (AvgIpc) is 2.51. The van der Waals surface area contributed by atoms with Crippen LogP contribution < -0.4 is 5.32 Å². The molecular formula is C19H30N2O4. The Morgan fingerprint density at radius 1 is 1.24 bits per heavy atom. The van der Waals surface area contributed by atoms with Crippen molar-refractivity contribution in [3.8, 4) is 0 Å². The number of carbonyl (C=O) groups excluding carboxylic acids is 2. The molecule has 0 spiro atoms. The summed E-state index contributed by atoms with van der Waals surface area (Å²) in [7, 11) is 0. The zero-order chi connectivity index (χ0) is 18.9. The summed E-state index contributed by atoms with van der Waals surface area (Å²) in [5.74, 6) is 0.541. The molecule has 0 aromatic rings. The maximum absolute atomic E-state index is 12.0. The first-order valence-corrected chi connectivity index (χ1v) is 8.55. The van der Waals surface area contributed by atoms with Gasteiger partial charge in [-0.15, -0.1) is 0 Å². The minimum Gasteiger partial charge on any atom is -0.486 e. The lowest BCUT2D eigenvalue weighted by atomic mass is 10.1. The number of ether oxygens (including phenoxy) is 2. The fraction of sp³-hybridized carbons (Fsp3) is 0.579. The van der Waals surface area contributed by atoms with Crippen molar-refractivity contribution in [3.63, 3.8) is 0 Å². The van der Waals surface area contributed by atoms with E-state index in [9.17, 15) is 9.59 Å². The Balaban J connectivity index is 2.29. The highest BCUT2D eigenvalue weighted by Crippen LogP contribution is 2.12. The molecule has 6 heteroatoms. The summed E-state index contributed by atoms with van der Waals surface area (Å²) >= 11 is 0. The minimum atomic E-state index is -0.498. The van der Waals surface area contributed by atoms with E-state index in [0.717, 1.165) is 25.9 Å². The molecule has 0 aromatic carbocycles. The molecule has 0 atom stereocenters. The number of carbonyl (C=O) groups is 2. The number of hydrogen-bond acceptors (Lipinski definition) is 5. The van der Waals surface area contributed by atoms with Crippen LogP contribution in [0.3, 0.4) is 0 Å². The molecule has 1 fully saturated rings. The quantitative estimate of drug-likeness (QED) is 0.538. The number of alkyl carbamates (subject to hydrolysis) is 1. The second kappa shape index (κ2) is 10.0. The number of likely N-dealkylation sites (tertiary alicyclic amines) is 1. The van der Waals surface area contributed by atoms with E-state index in [-0.39, 0.29) is 24.5 Å². The lowest BCUT2D eigenvalue weighted by Gasteiger charge is -2.32. The standard InChI is InChI=1S/C19H30N2O4/c1-6-8-17(7-2)24-14-16(22)13-21-11-9-15(10-12-21)20-18(23)25-19(3,4)5/h6-8,15H,1-2,9-14H2,3-5H3,(H,20,23)/b17-8+. The topological polar surface area (TPSA) is 67.9 Å². The van der Waals surface area contributed by atoms with E-state index in [0.29, 0.717) is 12.3 Å². The molecule has 1 aliphatic heterocycles. The van der Waals surface area contributed by atoms with Crippen LogP contribution in [0.2, 0.25) is 0 Å². The highest BCUT2D eigenvalue weighted by Gasteiger charge is 2.24. The van der Waals surface area contributed by atoms with Crippen LogP contribution in [0.25, 0.3) is 0 Å². The summed E-state index contributed by atoms with van der Waals surface area (Å²) in [6.45, 7) is 14.6. The molecule has 0 aromatic heterocycles. The molecule has 1 saturated heterocycles. The van der Waals surface area contributed by atoms with Gasteiger partial charge in [-0.25, -0.2) is 4.79 Å². The monoisotopic (exact) mass is 350 g/mol. The molecule has 25 heavy (non-hydrogen) atoms. The van der Waals surface area contributed by atoms with Crippen LogP contribution in [-0.4, -0.2) is 54.7 Å². The number of rotatable bonds is 8. The van der Waals surface area contributed by atoms with E-state index in [1.165, 1.54) is 0 Å². The Morgan fingerprint density at radius 3 is 2.40 bits per heavy atom. The molecule has 1 aliphatic rings. The molecule has 0 unspecified atom stereocenters. The number of nitrogens with one attached hydrogen (secondary N) is 1. The number of Topliss-reactive ketones (excluding diaryl/α,β-unsaturated/α-hetero) is 1. The van der Waals surface area contributed by atoms with Crippen molar-refractivity contribution in [2.45, 2.75) is 45.3 Å². The third kappa shape index (κ3) is 9.10. The van der Waals surface area contributed by atoms with Crippen molar-refractivity contribution in [1.82, 2.24) is 10.2 Å². The Morgan fingerprint density at radius 2 is 1.88 bits per heavy atom. The van der Waals surface area contributed by atoms with E-state index in [2.05, 4.69) is 23.4 Å². The van der Waals surface area contributed by atoms with Crippen LogP contribution >= 0.6 is 0 Å². The molecule has 1 rings (SSSR count). The highest BCUT2D eigenvalue weighted by atomic mass is 16.6. The van der Waals surface area contributed by atoms with Crippen LogP contribution in [0, 0.1) is 0 Å². The summed E-state index contributed by atoms with van der Waals surface area (Å²) in [6, 6.07) is 0.0837. The Bertz CT molecular complexity index is 512. The van der Waals surface area contributed by atoms with Gasteiger partial charge < -0.3 is 14.8 Å².